The zero-order chi connectivity index (χ0) is 14.4. The van der Waals surface area contributed by atoms with Crippen LogP contribution in [0.5, 0.6) is 0 Å². The lowest BCUT2D eigenvalue weighted by atomic mass is 10.1. The molecule has 4 N–H and O–H groups in total. The van der Waals surface area contributed by atoms with Crippen LogP contribution >= 0.6 is 0 Å². The first-order valence-corrected chi connectivity index (χ1v) is 6.11. The number of morpholine rings is 1. The van der Waals surface area contributed by atoms with E-state index in [0.29, 0.717) is 26.2 Å². The van der Waals surface area contributed by atoms with Gasteiger partial charge in [-0.3, -0.25) is 4.79 Å². The first-order valence-electron chi connectivity index (χ1n) is 6.11. The third-order valence-electron chi connectivity index (χ3n) is 2.96. The summed E-state index contributed by atoms with van der Waals surface area (Å²) in [6.07, 6.45) is 0.281. The highest BCUT2D eigenvalue weighted by Gasteiger charge is 2.29. The number of carbonyl (C=O) groups is 3. The Bertz CT molecular complexity index is 360. The highest BCUT2D eigenvalue weighted by Crippen LogP contribution is 2.10. The molecule has 1 aliphatic rings. The van der Waals surface area contributed by atoms with Crippen LogP contribution in [0.4, 0.5) is 4.79 Å². The van der Waals surface area contributed by atoms with Gasteiger partial charge < -0.3 is 25.8 Å². The van der Waals surface area contributed by atoms with E-state index in [2.05, 4.69) is 5.32 Å². The number of primary amides is 1. The van der Waals surface area contributed by atoms with Gasteiger partial charge in [0.05, 0.1) is 25.7 Å². The summed E-state index contributed by atoms with van der Waals surface area (Å²) in [5, 5.41) is 11.2. The number of rotatable bonds is 5. The number of aliphatic carboxylic acids is 1. The van der Waals surface area contributed by atoms with Gasteiger partial charge in [0, 0.05) is 6.54 Å². The van der Waals surface area contributed by atoms with Crippen molar-refractivity contribution in [1.29, 1.82) is 0 Å². The number of hydrogen-bond acceptors (Lipinski definition) is 4. The van der Waals surface area contributed by atoms with Crippen LogP contribution in [-0.4, -0.2) is 59.8 Å². The SMILES string of the molecule is CCC1COCCN1C(=O)NC(CC(N)=O)C(=O)O. The second kappa shape index (κ2) is 6.93. The van der Waals surface area contributed by atoms with Gasteiger partial charge in [-0.1, -0.05) is 6.92 Å². The normalized spacial score (nSPS) is 20.7. The zero-order valence-electron chi connectivity index (χ0n) is 10.8. The average molecular weight is 273 g/mol. The molecule has 0 saturated carbocycles. The van der Waals surface area contributed by atoms with Crippen molar-refractivity contribution < 1.29 is 24.2 Å². The number of nitrogens with one attached hydrogen (secondary N) is 1. The second-order valence-corrected chi connectivity index (χ2v) is 4.34. The number of carboxylic acids is 1. The maximum Gasteiger partial charge on any atom is 0.326 e. The minimum atomic E-state index is -1.30. The molecule has 8 nitrogen and oxygen atoms in total. The van der Waals surface area contributed by atoms with Crippen molar-refractivity contribution in [2.75, 3.05) is 19.8 Å². The van der Waals surface area contributed by atoms with Crippen LogP contribution in [0.25, 0.3) is 0 Å². The molecule has 1 saturated heterocycles. The zero-order valence-corrected chi connectivity index (χ0v) is 10.8. The quantitative estimate of drug-likeness (QED) is 0.601. The smallest absolute Gasteiger partial charge is 0.326 e. The molecular weight excluding hydrogens is 254 g/mol. The standard InChI is InChI=1S/C11H19N3O5/c1-2-7-6-19-4-3-14(7)11(18)13-8(10(16)17)5-9(12)15/h7-8H,2-6H2,1H3,(H2,12,15)(H,13,18)(H,16,17). The minimum Gasteiger partial charge on any atom is -0.480 e. The molecule has 1 heterocycles. The van der Waals surface area contributed by atoms with Crippen molar-refractivity contribution in [2.45, 2.75) is 31.8 Å². The molecule has 3 amide bonds. The van der Waals surface area contributed by atoms with Gasteiger partial charge in [-0.15, -0.1) is 0 Å². The summed E-state index contributed by atoms with van der Waals surface area (Å²) in [7, 11) is 0. The van der Waals surface area contributed by atoms with E-state index in [9.17, 15) is 14.4 Å². The number of ether oxygens (including phenoxy) is 1. The number of nitrogens with zero attached hydrogens (tertiary/aromatic N) is 1. The maximum absolute atomic E-state index is 12.0. The summed E-state index contributed by atoms with van der Waals surface area (Å²) in [6.45, 7) is 3.15. The number of amides is 3. The van der Waals surface area contributed by atoms with Crippen LogP contribution in [-0.2, 0) is 14.3 Å². The Kier molecular flexibility index (Phi) is 5.56. The van der Waals surface area contributed by atoms with Gasteiger partial charge in [-0.05, 0) is 6.42 Å². The Morgan fingerprint density at radius 1 is 1.53 bits per heavy atom. The van der Waals surface area contributed by atoms with Gasteiger partial charge in [0.1, 0.15) is 6.04 Å². The van der Waals surface area contributed by atoms with Gasteiger partial charge in [0.15, 0.2) is 0 Å². The molecule has 19 heavy (non-hydrogen) atoms. The van der Waals surface area contributed by atoms with Crippen LogP contribution in [0.2, 0.25) is 0 Å². The molecule has 0 bridgehead atoms. The highest BCUT2D eigenvalue weighted by atomic mass is 16.5. The van der Waals surface area contributed by atoms with Crippen LogP contribution in [0, 0.1) is 0 Å². The fraction of sp³-hybridized carbons (Fsp3) is 0.727. The largest absolute Gasteiger partial charge is 0.480 e. The monoisotopic (exact) mass is 273 g/mol. The van der Waals surface area contributed by atoms with Gasteiger partial charge in [0.2, 0.25) is 5.91 Å². The molecule has 2 unspecified atom stereocenters. The van der Waals surface area contributed by atoms with Crippen LogP contribution in [0.15, 0.2) is 0 Å². The van der Waals surface area contributed by atoms with Gasteiger partial charge in [-0.25, -0.2) is 9.59 Å². The average Bonchev–Trinajstić information content (AvgIpc) is 2.37. The Morgan fingerprint density at radius 3 is 2.74 bits per heavy atom. The number of nitrogens with two attached hydrogens (primary N) is 1. The number of carbonyl (C=O) groups excluding carboxylic acids is 2. The number of urea groups is 1. The molecule has 108 valence electrons. The minimum absolute atomic E-state index is 0.0863. The molecule has 0 spiro atoms. The molecular formula is C11H19N3O5. The number of carboxylic acid groups (broad SMARTS) is 1. The van der Waals surface area contributed by atoms with Crippen molar-refractivity contribution in [3.8, 4) is 0 Å². The van der Waals surface area contributed by atoms with E-state index in [0.717, 1.165) is 0 Å². The lowest BCUT2D eigenvalue weighted by Gasteiger charge is -2.35. The third kappa shape index (κ3) is 4.40. The van der Waals surface area contributed by atoms with E-state index >= 15 is 0 Å². The summed E-state index contributed by atoms with van der Waals surface area (Å²) in [6, 6.07) is -1.90. The topological polar surface area (TPSA) is 122 Å². The summed E-state index contributed by atoms with van der Waals surface area (Å²) >= 11 is 0. The fourth-order valence-corrected chi connectivity index (χ4v) is 1.89. The predicted molar refractivity (Wildman–Crippen MR) is 65.4 cm³/mol. The highest BCUT2D eigenvalue weighted by molar-refractivity contribution is 5.87. The molecule has 1 aliphatic heterocycles. The van der Waals surface area contributed by atoms with Crippen LogP contribution in [0.1, 0.15) is 19.8 Å². The molecule has 0 aliphatic carbocycles. The molecule has 8 heteroatoms. The fourth-order valence-electron chi connectivity index (χ4n) is 1.89. The first kappa shape index (κ1) is 15.2. The van der Waals surface area contributed by atoms with E-state index < -0.39 is 30.4 Å². The summed E-state index contributed by atoms with van der Waals surface area (Å²) < 4.78 is 5.26. The Balaban J connectivity index is 2.64. The molecule has 0 aromatic heterocycles. The van der Waals surface area contributed by atoms with Crippen molar-refractivity contribution in [3.63, 3.8) is 0 Å². The van der Waals surface area contributed by atoms with Crippen molar-refractivity contribution in [3.05, 3.63) is 0 Å². The summed E-state index contributed by atoms with van der Waals surface area (Å²) in [5.41, 5.74) is 4.95. The Hall–Kier alpha value is -1.83. The third-order valence-corrected chi connectivity index (χ3v) is 2.96. The van der Waals surface area contributed by atoms with Crippen molar-refractivity contribution in [2.24, 2.45) is 5.73 Å². The molecule has 0 radical (unpaired) electrons. The van der Waals surface area contributed by atoms with E-state index in [1.54, 1.807) is 0 Å². The summed E-state index contributed by atoms with van der Waals surface area (Å²) in [4.78, 5) is 35.2. The Morgan fingerprint density at radius 2 is 2.21 bits per heavy atom. The second-order valence-electron chi connectivity index (χ2n) is 4.34. The van der Waals surface area contributed by atoms with Gasteiger partial charge in [-0.2, -0.15) is 0 Å². The van der Waals surface area contributed by atoms with Crippen LogP contribution < -0.4 is 11.1 Å². The molecule has 0 aromatic carbocycles. The van der Waals surface area contributed by atoms with E-state index in [1.165, 1.54) is 4.90 Å². The molecule has 2 atom stereocenters. The van der Waals surface area contributed by atoms with Gasteiger partial charge in [0.25, 0.3) is 0 Å². The lowest BCUT2D eigenvalue weighted by Crippen LogP contribution is -2.55. The molecule has 0 aromatic rings. The maximum atomic E-state index is 12.0. The van der Waals surface area contributed by atoms with E-state index in [-0.39, 0.29) is 6.04 Å². The first-order chi connectivity index (χ1) is 8.95. The summed E-state index contributed by atoms with van der Waals surface area (Å²) in [5.74, 6) is -2.06. The van der Waals surface area contributed by atoms with E-state index in [4.69, 9.17) is 15.6 Å². The molecule has 1 fully saturated rings. The predicted octanol–water partition coefficient (Wildman–Crippen LogP) is -0.865. The molecule has 1 rings (SSSR count). The van der Waals surface area contributed by atoms with Crippen LogP contribution in [0.3, 0.4) is 0 Å². The Labute approximate surface area is 110 Å². The van der Waals surface area contributed by atoms with Gasteiger partial charge >= 0.3 is 12.0 Å². The lowest BCUT2D eigenvalue weighted by molar-refractivity contribution is -0.141. The van der Waals surface area contributed by atoms with Crippen molar-refractivity contribution >= 4 is 17.9 Å². The van der Waals surface area contributed by atoms with E-state index in [1.807, 2.05) is 6.92 Å². The van der Waals surface area contributed by atoms with Crippen molar-refractivity contribution in [1.82, 2.24) is 10.2 Å². The number of hydrogen-bond donors (Lipinski definition) is 3.